The number of nitrogens with one attached hydrogen (secondary N) is 1. The molecule has 14 heavy (non-hydrogen) atoms. The van der Waals surface area contributed by atoms with Crippen LogP contribution in [0.4, 0.5) is 0 Å². The Morgan fingerprint density at radius 3 is 2.50 bits per heavy atom. The van der Waals surface area contributed by atoms with Gasteiger partial charge in [0.2, 0.25) is 5.91 Å². The van der Waals surface area contributed by atoms with E-state index < -0.39 is 0 Å². The lowest BCUT2D eigenvalue weighted by Gasteiger charge is -2.34. The molecule has 0 unspecified atom stereocenters. The summed E-state index contributed by atoms with van der Waals surface area (Å²) in [4.78, 5) is 10.8. The van der Waals surface area contributed by atoms with Crippen molar-refractivity contribution in [1.82, 2.24) is 5.32 Å². The third-order valence-electron chi connectivity index (χ3n) is 2.79. The molecule has 82 valence electrons. The number of hydrogen-bond acceptors (Lipinski definition) is 1. The Labute approximate surface area is 87.4 Å². The summed E-state index contributed by atoms with van der Waals surface area (Å²) in [5, 5.41) is 2.78. The Hall–Kier alpha value is -0.830. The molecule has 3 heteroatoms. The molecule has 0 bridgehead atoms. The van der Waals surface area contributed by atoms with Crippen LogP contribution in [0.1, 0.15) is 20.3 Å². The van der Waals surface area contributed by atoms with E-state index in [0.717, 1.165) is 24.0 Å². The third kappa shape index (κ3) is 5.02. The lowest BCUT2D eigenvalue weighted by Crippen LogP contribution is -2.47. The largest absolute Gasteiger partial charge is 0.352 e. The van der Waals surface area contributed by atoms with Crippen LogP contribution < -0.4 is 5.32 Å². The SMILES string of the molecule is C=CC(=O)NCCC[N+](C)(C)C(C)C. The fourth-order valence-electron chi connectivity index (χ4n) is 1.03. The molecule has 3 nitrogen and oxygen atoms in total. The van der Waals surface area contributed by atoms with Crippen molar-refractivity contribution in [3.05, 3.63) is 12.7 Å². The van der Waals surface area contributed by atoms with Gasteiger partial charge >= 0.3 is 0 Å². The van der Waals surface area contributed by atoms with E-state index in [4.69, 9.17) is 0 Å². The summed E-state index contributed by atoms with van der Waals surface area (Å²) in [5.74, 6) is -0.0835. The molecular formula is C11H23N2O+. The second-order valence-corrected chi connectivity index (χ2v) is 4.44. The Bertz CT molecular complexity index is 197. The molecule has 0 fully saturated rings. The van der Waals surface area contributed by atoms with Crippen molar-refractivity contribution in [2.24, 2.45) is 0 Å². The molecule has 0 heterocycles. The lowest BCUT2D eigenvalue weighted by atomic mass is 10.2. The number of carbonyl (C=O) groups is 1. The van der Waals surface area contributed by atoms with Crippen molar-refractivity contribution >= 4 is 5.91 Å². The standard InChI is InChI=1S/C11H22N2O/c1-6-11(14)12-8-7-9-13(4,5)10(2)3/h6,10H,1,7-9H2,2-5H3/p+1. The highest BCUT2D eigenvalue weighted by atomic mass is 16.1. The highest BCUT2D eigenvalue weighted by Crippen LogP contribution is 2.05. The predicted octanol–water partition coefficient (Wildman–Crippen LogP) is 1.16. The minimum absolute atomic E-state index is 0.0835. The minimum atomic E-state index is -0.0835. The summed E-state index contributed by atoms with van der Waals surface area (Å²) in [6.07, 6.45) is 2.31. The van der Waals surface area contributed by atoms with E-state index in [9.17, 15) is 4.79 Å². The number of carbonyl (C=O) groups excluding carboxylic acids is 1. The molecule has 1 N–H and O–H groups in total. The predicted molar refractivity (Wildman–Crippen MR) is 59.9 cm³/mol. The Kier molecular flexibility index (Phi) is 5.46. The quantitative estimate of drug-likeness (QED) is 0.388. The molecule has 0 saturated heterocycles. The van der Waals surface area contributed by atoms with Crippen LogP contribution in [0, 0.1) is 0 Å². The topological polar surface area (TPSA) is 29.1 Å². The van der Waals surface area contributed by atoms with Gasteiger partial charge in [-0.2, -0.15) is 0 Å². The van der Waals surface area contributed by atoms with E-state index in [1.807, 2.05) is 0 Å². The van der Waals surface area contributed by atoms with Crippen LogP contribution in [0.2, 0.25) is 0 Å². The highest BCUT2D eigenvalue weighted by molar-refractivity contribution is 5.86. The van der Waals surface area contributed by atoms with Crippen molar-refractivity contribution in [1.29, 1.82) is 0 Å². The lowest BCUT2D eigenvalue weighted by molar-refractivity contribution is -0.911. The molecule has 1 amide bonds. The first-order valence-corrected chi connectivity index (χ1v) is 5.13. The van der Waals surface area contributed by atoms with Crippen molar-refractivity contribution in [3.8, 4) is 0 Å². The molecule has 0 rings (SSSR count). The number of amides is 1. The second-order valence-electron chi connectivity index (χ2n) is 4.44. The number of rotatable bonds is 6. The van der Waals surface area contributed by atoms with Crippen LogP contribution in [0.25, 0.3) is 0 Å². The van der Waals surface area contributed by atoms with Gasteiger partial charge in [-0.3, -0.25) is 4.79 Å². The first kappa shape index (κ1) is 13.2. The summed E-state index contributed by atoms with van der Waals surface area (Å²) >= 11 is 0. The maximum absolute atomic E-state index is 10.8. The molecule has 0 aliphatic rings. The molecule has 0 saturated carbocycles. The van der Waals surface area contributed by atoms with Gasteiger partial charge in [-0.1, -0.05) is 6.58 Å². The molecule has 0 aliphatic heterocycles. The van der Waals surface area contributed by atoms with E-state index in [0.29, 0.717) is 6.04 Å². The van der Waals surface area contributed by atoms with Gasteiger partial charge in [0, 0.05) is 13.0 Å². The average molecular weight is 199 g/mol. The van der Waals surface area contributed by atoms with Crippen LogP contribution in [0.5, 0.6) is 0 Å². The molecule has 0 aromatic carbocycles. The monoisotopic (exact) mass is 199 g/mol. The Morgan fingerprint density at radius 1 is 1.50 bits per heavy atom. The summed E-state index contributed by atoms with van der Waals surface area (Å²) < 4.78 is 0.990. The van der Waals surface area contributed by atoms with E-state index in [1.54, 1.807) is 0 Å². The summed E-state index contributed by atoms with van der Waals surface area (Å²) in [6, 6.07) is 0.616. The molecule has 0 atom stereocenters. The smallest absolute Gasteiger partial charge is 0.243 e. The number of hydrogen-bond donors (Lipinski definition) is 1. The molecule has 0 aliphatic carbocycles. The fraction of sp³-hybridized carbons (Fsp3) is 0.727. The van der Waals surface area contributed by atoms with Gasteiger partial charge in [0.05, 0.1) is 26.7 Å². The van der Waals surface area contributed by atoms with Crippen molar-refractivity contribution in [2.45, 2.75) is 26.3 Å². The van der Waals surface area contributed by atoms with Crippen LogP contribution >= 0.6 is 0 Å². The van der Waals surface area contributed by atoms with Gasteiger partial charge in [0.25, 0.3) is 0 Å². The van der Waals surface area contributed by atoms with Gasteiger partial charge in [-0.15, -0.1) is 0 Å². The van der Waals surface area contributed by atoms with Gasteiger partial charge in [-0.25, -0.2) is 0 Å². The van der Waals surface area contributed by atoms with E-state index in [2.05, 4.69) is 39.8 Å². The zero-order valence-electron chi connectivity index (χ0n) is 9.84. The fourth-order valence-corrected chi connectivity index (χ4v) is 1.03. The second kappa shape index (κ2) is 5.81. The molecule has 0 aromatic rings. The Morgan fingerprint density at radius 2 is 2.07 bits per heavy atom. The zero-order chi connectivity index (χ0) is 11.2. The van der Waals surface area contributed by atoms with Crippen LogP contribution in [0.15, 0.2) is 12.7 Å². The number of nitrogens with zero attached hydrogens (tertiary/aromatic N) is 1. The summed E-state index contributed by atoms with van der Waals surface area (Å²) in [7, 11) is 4.42. The number of quaternary nitrogens is 1. The minimum Gasteiger partial charge on any atom is -0.352 e. The van der Waals surface area contributed by atoms with E-state index >= 15 is 0 Å². The Balaban J connectivity index is 3.64. The normalized spacial score (nSPS) is 11.5. The van der Waals surface area contributed by atoms with Gasteiger partial charge in [-0.05, 0) is 19.9 Å². The van der Waals surface area contributed by atoms with E-state index in [1.165, 1.54) is 6.08 Å². The molecule has 0 spiro atoms. The van der Waals surface area contributed by atoms with Crippen LogP contribution in [-0.4, -0.2) is 43.6 Å². The molecule has 0 aromatic heterocycles. The van der Waals surface area contributed by atoms with Gasteiger partial charge in [0.15, 0.2) is 0 Å². The zero-order valence-corrected chi connectivity index (χ0v) is 9.84. The first-order chi connectivity index (χ1) is 6.40. The summed E-state index contributed by atoms with van der Waals surface area (Å²) in [5.41, 5.74) is 0. The maximum atomic E-state index is 10.8. The van der Waals surface area contributed by atoms with Crippen molar-refractivity contribution < 1.29 is 9.28 Å². The highest BCUT2D eigenvalue weighted by Gasteiger charge is 2.18. The van der Waals surface area contributed by atoms with Crippen LogP contribution in [-0.2, 0) is 4.79 Å². The molecule has 0 radical (unpaired) electrons. The van der Waals surface area contributed by atoms with Gasteiger partial charge < -0.3 is 9.80 Å². The first-order valence-electron chi connectivity index (χ1n) is 5.13. The van der Waals surface area contributed by atoms with Crippen molar-refractivity contribution in [2.75, 3.05) is 27.2 Å². The molecular weight excluding hydrogens is 176 g/mol. The van der Waals surface area contributed by atoms with Crippen molar-refractivity contribution in [3.63, 3.8) is 0 Å². The third-order valence-corrected chi connectivity index (χ3v) is 2.79. The van der Waals surface area contributed by atoms with Gasteiger partial charge in [0.1, 0.15) is 0 Å². The van der Waals surface area contributed by atoms with E-state index in [-0.39, 0.29) is 5.91 Å². The summed E-state index contributed by atoms with van der Waals surface area (Å²) in [6.45, 7) is 9.64. The maximum Gasteiger partial charge on any atom is 0.243 e. The average Bonchev–Trinajstić information content (AvgIpc) is 2.11. The van der Waals surface area contributed by atoms with Crippen LogP contribution in [0.3, 0.4) is 0 Å².